The molecule has 1 saturated heterocycles. The van der Waals surface area contributed by atoms with Crippen LogP contribution in [0.5, 0.6) is 0 Å². The molecule has 30 heavy (non-hydrogen) atoms. The summed E-state index contributed by atoms with van der Waals surface area (Å²) in [6.45, 7) is 10.1. The zero-order valence-corrected chi connectivity index (χ0v) is 18.7. The Bertz CT molecular complexity index is 1100. The number of fused-ring (bicyclic) bond motifs is 1. The Morgan fingerprint density at radius 1 is 1.13 bits per heavy atom. The number of carboxylic acids is 1. The van der Waals surface area contributed by atoms with Crippen LogP contribution in [0.1, 0.15) is 41.6 Å². The van der Waals surface area contributed by atoms with Crippen LogP contribution in [0.3, 0.4) is 0 Å². The number of benzene rings is 1. The van der Waals surface area contributed by atoms with E-state index in [0.717, 1.165) is 64.4 Å². The lowest BCUT2D eigenvalue weighted by Crippen LogP contribution is -2.35. The van der Waals surface area contributed by atoms with Gasteiger partial charge < -0.3 is 15.0 Å². The molecule has 1 aliphatic rings. The molecule has 0 aliphatic carbocycles. The molecule has 0 saturated carbocycles. The number of carboxylic acid groups (broad SMARTS) is 1. The Kier molecular flexibility index (Phi) is 5.49. The number of rotatable bonds is 4. The molecular formula is C24H28ClN3O2. The molecule has 5 nitrogen and oxygen atoms in total. The molecule has 6 heteroatoms. The van der Waals surface area contributed by atoms with Crippen LogP contribution in [0.4, 0.5) is 5.69 Å². The highest BCUT2D eigenvalue weighted by Crippen LogP contribution is 2.44. The van der Waals surface area contributed by atoms with Gasteiger partial charge in [-0.2, -0.15) is 0 Å². The zero-order valence-electron chi connectivity index (χ0n) is 18.0. The Hall–Kier alpha value is -2.53. The number of halogens is 1. The number of aromatic nitrogens is 2. The lowest BCUT2D eigenvalue weighted by Gasteiger charge is -2.35. The average Bonchev–Trinajstić information content (AvgIpc) is 3.02. The second-order valence-corrected chi connectivity index (χ2v) is 9.00. The number of hydrogen-bond acceptors (Lipinski definition) is 3. The van der Waals surface area contributed by atoms with E-state index in [2.05, 4.69) is 37.6 Å². The van der Waals surface area contributed by atoms with Crippen molar-refractivity contribution in [1.82, 2.24) is 9.97 Å². The van der Waals surface area contributed by atoms with E-state index in [1.54, 1.807) is 0 Å². The van der Waals surface area contributed by atoms with Crippen LogP contribution in [-0.4, -0.2) is 34.1 Å². The van der Waals surface area contributed by atoms with E-state index < -0.39 is 5.97 Å². The largest absolute Gasteiger partial charge is 0.481 e. The normalized spacial score (nSPS) is 15.2. The van der Waals surface area contributed by atoms with Gasteiger partial charge in [0.15, 0.2) is 0 Å². The molecule has 2 N–H and O–H groups in total. The monoisotopic (exact) mass is 425 g/mol. The summed E-state index contributed by atoms with van der Waals surface area (Å²) in [6.07, 6.45) is 4.04. The van der Waals surface area contributed by atoms with Gasteiger partial charge in [0.05, 0.1) is 5.69 Å². The molecule has 1 fully saturated rings. The number of aryl methyl sites for hydroxylation is 4. The van der Waals surface area contributed by atoms with Crippen molar-refractivity contribution in [2.45, 2.75) is 47.0 Å². The van der Waals surface area contributed by atoms with Gasteiger partial charge in [-0.25, -0.2) is 4.98 Å². The van der Waals surface area contributed by atoms with Crippen LogP contribution in [0, 0.1) is 33.6 Å². The van der Waals surface area contributed by atoms with Gasteiger partial charge in [0.25, 0.3) is 0 Å². The van der Waals surface area contributed by atoms with Crippen LogP contribution < -0.4 is 4.90 Å². The van der Waals surface area contributed by atoms with Crippen LogP contribution in [0.15, 0.2) is 18.3 Å². The summed E-state index contributed by atoms with van der Waals surface area (Å²) in [4.78, 5) is 21.8. The maximum Gasteiger partial charge on any atom is 0.303 e. The summed E-state index contributed by atoms with van der Waals surface area (Å²) in [5.41, 5.74) is 8.90. The first kappa shape index (κ1) is 20.7. The van der Waals surface area contributed by atoms with Crippen LogP contribution >= 0.6 is 11.6 Å². The summed E-state index contributed by atoms with van der Waals surface area (Å²) in [7, 11) is 0. The number of nitrogens with one attached hydrogen (secondary N) is 1. The quantitative estimate of drug-likeness (QED) is 0.553. The number of carbonyl (C=O) groups is 1. The molecule has 1 aliphatic heterocycles. The van der Waals surface area contributed by atoms with Crippen molar-refractivity contribution in [3.05, 3.63) is 45.7 Å². The maximum absolute atomic E-state index is 11.2. The molecule has 0 spiro atoms. The maximum atomic E-state index is 11.2. The zero-order chi connectivity index (χ0) is 21.6. The summed E-state index contributed by atoms with van der Waals surface area (Å²) in [5.74, 6) is -0.461. The molecule has 0 radical (unpaired) electrons. The van der Waals surface area contributed by atoms with Crippen LogP contribution in [0.25, 0.3) is 22.2 Å². The van der Waals surface area contributed by atoms with E-state index in [1.807, 2.05) is 18.3 Å². The smallest absolute Gasteiger partial charge is 0.303 e. The van der Waals surface area contributed by atoms with Gasteiger partial charge >= 0.3 is 5.97 Å². The third-order valence-electron chi connectivity index (χ3n) is 6.31. The summed E-state index contributed by atoms with van der Waals surface area (Å²) in [5, 5.41) is 11.1. The minimum Gasteiger partial charge on any atom is -0.481 e. The van der Waals surface area contributed by atoms with Gasteiger partial charge in [0, 0.05) is 47.4 Å². The van der Waals surface area contributed by atoms with Gasteiger partial charge in [-0.3, -0.25) is 4.79 Å². The molecule has 158 valence electrons. The molecule has 4 rings (SSSR count). The van der Waals surface area contributed by atoms with E-state index >= 15 is 0 Å². The Morgan fingerprint density at radius 3 is 2.37 bits per heavy atom. The Balaban J connectivity index is 1.89. The highest BCUT2D eigenvalue weighted by Gasteiger charge is 2.28. The predicted molar refractivity (Wildman–Crippen MR) is 123 cm³/mol. The standard InChI is InChI=1S/C24H28ClN3O2/c1-13-9-18(25)10-14(2)20(13)22-16(4)27-24-21(15(3)12-26-24)23(22)28-7-5-17(6-8-28)11-19(29)30/h9-10,12,17H,5-8,11H2,1-4H3,(H,26,27)(H,29,30). The summed E-state index contributed by atoms with van der Waals surface area (Å²) < 4.78 is 0. The fourth-order valence-electron chi connectivity index (χ4n) is 4.94. The molecule has 3 heterocycles. The fourth-order valence-corrected chi connectivity index (χ4v) is 5.27. The molecule has 0 bridgehead atoms. The molecule has 0 amide bonds. The van der Waals surface area contributed by atoms with E-state index in [1.165, 1.54) is 16.8 Å². The van der Waals surface area contributed by atoms with E-state index in [9.17, 15) is 9.90 Å². The summed E-state index contributed by atoms with van der Waals surface area (Å²) >= 11 is 6.32. The summed E-state index contributed by atoms with van der Waals surface area (Å²) in [6, 6.07) is 4.03. The lowest BCUT2D eigenvalue weighted by molar-refractivity contribution is -0.138. The molecule has 0 unspecified atom stereocenters. The average molecular weight is 426 g/mol. The van der Waals surface area contributed by atoms with Crippen molar-refractivity contribution in [2.75, 3.05) is 18.0 Å². The number of aliphatic carboxylic acids is 1. The highest BCUT2D eigenvalue weighted by molar-refractivity contribution is 6.30. The number of aromatic amines is 1. The van der Waals surface area contributed by atoms with Gasteiger partial charge in [-0.1, -0.05) is 11.6 Å². The minimum absolute atomic E-state index is 0.243. The number of pyridine rings is 1. The van der Waals surface area contributed by atoms with Crippen molar-refractivity contribution in [1.29, 1.82) is 0 Å². The fraction of sp³-hybridized carbons (Fsp3) is 0.417. The first-order chi connectivity index (χ1) is 14.3. The number of anilines is 1. The second-order valence-electron chi connectivity index (χ2n) is 8.56. The van der Waals surface area contributed by atoms with Crippen molar-refractivity contribution >= 4 is 34.3 Å². The number of piperidine rings is 1. The number of H-pyrrole nitrogens is 1. The number of nitrogens with zero attached hydrogens (tertiary/aromatic N) is 2. The van der Waals surface area contributed by atoms with Crippen LogP contribution in [0.2, 0.25) is 5.02 Å². The van der Waals surface area contributed by atoms with Gasteiger partial charge in [0.2, 0.25) is 0 Å². The van der Waals surface area contributed by atoms with Gasteiger partial charge in [-0.05, 0) is 80.8 Å². The van der Waals surface area contributed by atoms with Gasteiger partial charge in [0.1, 0.15) is 5.65 Å². The molecule has 0 atom stereocenters. The molecule has 3 aromatic rings. The first-order valence-corrected chi connectivity index (χ1v) is 10.9. The third kappa shape index (κ3) is 3.67. The minimum atomic E-state index is -0.704. The van der Waals surface area contributed by atoms with E-state index in [0.29, 0.717) is 0 Å². The molecule has 1 aromatic carbocycles. The Morgan fingerprint density at radius 2 is 1.77 bits per heavy atom. The molecular weight excluding hydrogens is 398 g/mol. The van der Waals surface area contributed by atoms with Gasteiger partial charge in [-0.15, -0.1) is 0 Å². The van der Waals surface area contributed by atoms with Crippen molar-refractivity contribution in [3.8, 4) is 11.1 Å². The Labute approximate surface area is 182 Å². The van der Waals surface area contributed by atoms with E-state index in [4.69, 9.17) is 16.6 Å². The molecule has 2 aromatic heterocycles. The second kappa shape index (κ2) is 7.95. The first-order valence-electron chi connectivity index (χ1n) is 10.5. The predicted octanol–water partition coefficient (Wildman–Crippen LogP) is 5.81. The van der Waals surface area contributed by atoms with Crippen molar-refractivity contribution < 1.29 is 9.90 Å². The number of hydrogen-bond donors (Lipinski definition) is 2. The van der Waals surface area contributed by atoms with Crippen molar-refractivity contribution in [3.63, 3.8) is 0 Å². The third-order valence-corrected chi connectivity index (χ3v) is 6.53. The topological polar surface area (TPSA) is 69.2 Å². The highest BCUT2D eigenvalue weighted by atomic mass is 35.5. The SMILES string of the molecule is Cc1cc(Cl)cc(C)c1-c1c(C)nc2[nH]cc(C)c2c1N1CCC(CC(=O)O)CC1. The lowest BCUT2D eigenvalue weighted by atomic mass is 9.89. The van der Waals surface area contributed by atoms with E-state index in [-0.39, 0.29) is 12.3 Å². The van der Waals surface area contributed by atoms with Crippen molar-refractivity contribution in [2.24, 2.45) is 5.92 Å². The van der Waals surface area contributed by atoms with Crippen LogP contribution in [-0.2, 0) is 4.79 Å².